The quantitative estimate of drug-likeness (QED) is 0.745. The van der Waals surface area contributed by atoms with Crippen LogP contribution in [0.25, 0.3) is 22.3 Å². The van der Waals surface area contributed by atoms with E-state index in [2.05, 4.69) is 36.2 Å². The number of rotatable bonds is 2. The van der Waals surface area contributed by atoms with Crippen LogP contribution in [0.15, 0.2) is 37.1 Å². The van der Waals surface area contributed by atoms with Crippen molar-refractivity contribution in [2.45, 2.75) is 37.6 Å². The van der Waals surface area contributed by atoms with Crippen LogP contribution in [0.1, 0.15) is 32.1 Å². The van der Waals surface area contributed by atoms with Crippen LogP contribution in [0, 0.1) is 0 Å². The highest BCUT2D eigenvalue weighted by Gasteiger charge is 2.36. The zero-order valence-corrected chi connectivity index (χ0v) is 14.9. The third-order valence-electron chi connectivity index (χ3n) is 5.91. The number of hydrogen-bond acceptors (Lipinski definition) is 5. The summed E-state index contributed by atoms with van der Waals surface area (Å²) in [7, 11) is 0. The van der Waals surface area contributed by atoms with Crippen molar-refractivity contribution in [3.63, 3.8) is 0 Å². The van der Waals surface area contributed by atoms with Crippen molar-refractivity contribution in [3.8, 4) is 11.3 Å². The van der Waals surface area contributed by atoms with E-state index in [9.17, 15) is 0 Å². The van der Waals surface area contributed by atoms with Crippen molar-refractivity contribution in [3.05, 3.63) is 37.1 Å². The number of anilines is 1. The number of hydrogen-bond donors (Lipinski definition) is 2. The fourth-order valence-corrected chi connectivity index (χ4v) is 4.67. The van der Waals surface area contributed by atoms with E-state index in [1.807, 2.05) is 18.5 Å². The standard InChI is InChI=1S/C20H24N6/c1-2-8-25-20(6-1)7-3-11-26(13-20)17-5-10-22-19-18(17)15(12-23-19)16-4-9-21-14-24-16/h4-5,9-10,12,14,25H,1-3,6-8,11,13H2,(H,22,23)/t20-/m0/s1. The van der Waals surface area contributed by atoms with Gasteiger partial charge in [-0.2, -0.15) is 0 Å². The summed E-state index contributed by atoms with van der Waals surface area (Å²) >= 11 is 0. The van der Waals surface area contributed by atoms with Crippen molar-refractivity contribution in [2.75, 3.05) is 24.5 Å². The second-order valence-electron chi connectivity index (χ2n) is 7.54. The summed E-state index contributed by atoms with van der Waals surface area (Å²) in [5.74, 6) is 0. The Morgan fingerprint density at radius 1 is 1.04 bits per heavy atom. The number of H-pyrrole nitrogens is 1. The lowest BCUT2D eigenvalue weighted by atomic mass is 9.81. The maximum atomic E-state index is 4.55. The molecule has 6 nitrogen and oxygen atoms in total. The molecule has 0 radical (unpaired) electrons. The first-order valence-electron chi connectivity index (χ1n) is 9.57. The van der Waals surface area contributed by atoms with Gasteiger partial charge in [0.25, 0.3) is 0 Å². The molecule has 0 unspecified atom stereocenters. The zero-order chi connectivity index (χ0) is 17.4. The Hall–Kier alpha value is -2.47. The average Bonchev–Trinajstić information content (AvgIpc) is 3.14. The van der Waals surface area contributed by atoms with Crippen LogP contribution in [0.5, 0.6) is 0 Å². The lowest BCUT2D eigenvalue weighted by molar-refractivity contribution is 0.216. The van der Waals surface area contributed by atoms with Crippen LogP contribution in [-0.2, 0) is 0 Å². The number of aromatic nitrogens is 4. The molecule has 6 heteroatoms. The van der Waals surface area contributed by atoms with E-state index in [4.69, 9.17) is 0 Å². The van der Waals surface area contributed by atoms with Crippen LogP contribution < -0.4 is 10.2 Å². The molecule has 0 saturated carbocycles. The first-order chi connectivity index (χ1) is 12.8. The number of fused-ring (bicyclic) bond motifs is 1. The van der Waals surface area contributed by atoms with Gasteiger partial charge in [0.15, 0.2) is 0 Å². The lowest BCUT2D eigenvalue weighted by Crippen LogP contribution is -2.59. The highest BCUT2D eigenvalue weighted by atomic mass is 15.2. The Balaban J connectivity index is 1.57. The molecule has 134 valence electrons. The average molecular weight is 348 g/mol. The molecular weight excluding hydrogens is 324 g/mol. The fraction of sp³-hybridized carbons (Fsp3) is 0.450. The zero-order valence-electron chi connectivity index (χ0n) is 14.9. The summed E-state index contributed by atoms with van der Waals surface area (Å²) in [6.07, 6.45) is 13.7. The number of piperidine rings is 2. The Labute approximate surface area is 153 Å². The molecule has 0 aliphatic carbocycles. The smallest absolute Gasteiger partial charge is 0.140 e. The van der Waals surface area contributed by atoms with Crippen molar-refractivity contribution in [1.82, 2.24) is 25.3 Å². The molecule has 0 amide bonds. The molecule has 5 heterocycles. The van der Waals surface area contributed by atoms with Crippen LogP contribution in [0.3, 0.4) is 0 Å². The largest absolute Gasteiger partial charge is 0.369 e. The highest BCUT2D eigenvalue weighted by molar-refractivity contribution is 6.01. The molecule has 1 spiro atoms. The number of nitrogens with zero attached hydrogens (tertiary/aromatic N) is 4. The molecule has 1 atom stereocenters. The van der Waals surface area contributed by atoms with Gasteiger partial charge in [-0.25, -0.2) is 15.0 Å². The molecule has 26 heavy (non-hydrogen) atoms. The summed E-state index contributed by atoms with van der Waals surface area (Å²) in [5.41, 5.74) is 4.49. The Bertz CT molecular complexity index is 892. The third-order valence-corrected chi connectivity index (χ3v) is 5.91. The Kier molecular flexibility index (Phi) is 3.85. The van der Waals surface area contributed by atoms with Gasteiger partial charge >= 0.3 is 0 Å². The topological polar surface area (TPSA) is 69.7 Å². The van der Waals surface area contributed by atoms with Crippen molar-refractivity contribution < 1.29 is 0 Å². The van der Waals surface area contributed by atoms with Gasteiger partial charge in [0.1, 0.15) is 12.0 Å². The molecule has 5 rings (SSSR count). The van der Waals surface area contributed by atoms with Gasteiger partial charge in [0, 0.05) is 42.8 Å². The van der Waals surface area contributed by atoms with E-state index < -0.39 is 0 Å². The minimum Gasteiger partial charge on any atom is -0.369 e. The van der Waals surface area contributed by atoms with Gasteiger partial charge in [-0.1, -0.05) is 6.42 Å². The maximum absolute atomic E-state index is 4.55. The van der Waals surface area contributed by atoms with Crippen molar-refractivity contribution in [2.24, 2.45) is 0 Å². The van der Waals surface area contributed by atoms with Gasteiger partial charge in [-0.05, 0) is 44.4 Å². The second kappa shape index (κ2) is 6.36. The molecule has 2 aliphatic rings. The molecular formula is C20H24N6. The summed E-state index contributed by atoms with van der Waals surface area (Å²) in [6, 6.07) is 4.11. The van der Waals surface area contributed by atoms with Gasteiger partial charge in [-0.15, -0.1) is 0 Å². The van der Waals surface area contributed by atoms with Crippen molar-refractivity contribution in [1.29, 1.82) is 0 Å². The van der Waals surface area contributed by atoms with Crippen LogP contribution in [0.2, 0.25) is 0 Å². The maximum Gasteiger partial charge on any atom is 0.140 e. The van der Waals surface area contributed by atoms with E-state index in [0.29, 0.717) is 0 Å². The summed E-state index contributed by atoms with van der Waals surface area (Å²) in [4.78, 5) is 18.9. The SMILES string of the molecule is c1cc(-c2c[nH]c3nccc(N4CCC[C@@]5(CCCCN5)C4)c23)ncn1. The third kappa shape index (κ3) is 2.65. The highest BCUT2D eigenvalue weighted by Crippen LogP contribution is 2.37. The Morgan fingerprint density at radius 3 is 2.85 bits per heavy atom. The van der Waals surface area contributed by atoms with E-state index in [1.54, 1.807) is 12.5 Å². The van der Waals surface area contributed by atoms with Gasteiger partial charge < -0.3 is 15.2 Å². The summed E-state index contributed by atoms with van der Waals surface area (Å²) in [6.45, 7) is 3.31. The van der Waals surface area contributed by atoms with Gasteiger partial charge in [0.2, 0.25) is 0 Å². The number of aromatic amines is 1. The predicted octanol–water partition coefficient (Wildman–Crippen LogP) is 3.13. The molecule has 2 fully saturated rings. The van der Waals surface area contributed by atoms with Crippen molar-refractivity contribution >= 4 is 16.7 Å². The summed E-state index contributed by atoms with van der Waals surface area (Å²) < 4.78 is 0. The van der Waals surface area contributed by atoms with E-state index in [-0.39, 0.29) is 5.54 Å². The molecule has 0 bridgehead atoms. The van der Waals surface area contributed by atoms with Gasteiger partial charge in [-0.3, -0.25) is 0 Å². The predicted molar refractivity (Wildman–Crippen MR) is 103 cm³/mol. The molecule has 2 aliphatic heterocycles. The molecule has 3 aromatic heterocycles. The van der Waals surface area contributed by atoms with E-state index in [1.165, 1.54) is 43.2 Å². The monoisotopic (exact) mass is 348 g/mol. The number of pyridine rings is 1. The van der Waals surface area contributed by atoms with Crippen LogP contribution in [-0.4, -0.2) is 45.1 Å². The molecule has 2 saturated heterocycles. The van der Waals surface area contributed by atoms with E-state index in [0.717, 1.165) is 36.5 Å². The van der Waals surface area contributed by atoms with Gasteiger partial charge in [0.05, 0.1) is 16.8 Å². The molecule has 3 aromatic rings. The van der Waals surface area contributed by atoms with Crippen LogP contribution >= 0.6 is 0 Å². The number of nitrogens with one attached hydrogen (secondary N) is 2. The molecule has 0 aromatic carbocycles. The minimum absolute atomic E-state index is 0.275. The molecule has 2 N–H and O–H groups in total. The van der Waals surface area contributed by atoms with Crippen LogP contribution in [0.4, 0.5) is 5.69 Å². The Morgan fingerprint density at radius 2 is 2.00 bits per heavy atom. The fourth-order valence-electron chi connectivity index (χ4n) is 4.67. The lowest BCUT2D eigenvalue weighted by Gasteiger charge is -2.47. The summed E-state index contributed by atoms with van der Waals surface area (Å²) in [5, 5.41) is 5.00. The van der Waals surface area contributed by atoms with E-state index >= 15 is 0 Å². The minimum atomic E-state index is 0.275. The first kappa shape index (κ1) is 15.8. The second-order valence-corrected chi connectivity index (χ2v) is 7.54. The first-order valence-corrected chi connectivity index (χ1v) is 9.57. The normalized spacial score (nSPS) is 23.6.